The molecule has 0 spiro atoms. The van der Waals surface area contributed by atoms with E-state index >= 15 is 0 Å². The van der Waals surface area contributed by atoms with E-state index in [1.807, 2.05) is 67.6 Å². The van der Waals surface area contributed by atoms with E-state index < -0.39 is 10.2 Å². The molecule has 0 aliphatic carbocycles. The third-order valence-corrected chi connectivity index (χ3v) is 6.60. The van der Waals surface area contributed by atoms with Crippen LogP contribution in [0, 0.1) is 28.4 Å². The lowest BCUT2D eigenvalue weighted by atomic mass is 9.98. The molecule has 178 valence electrons. The Kier molecular flexibility index (Phi) is 7.42. The molecule has 0 radical (unpaired) electrons. The van der Waals surface area contributed by atoms with Gasteiger partial charge in [0.05, 0.1) is 21.4 Å². The van der Waals surface area contributed by atoms with Crippen LogP contribution in [0.5, 0.6) is 0 Å². The molecule has 4 aromatic rings. The molecule has 0 saturated heterocycles. The lowest BCUT2D eigenvalue weighted by Crippen LogP contribution is -2.22. The van der Waals surface area contributed by atoms with Crippen molar-refractivity contribution in [1.29, 1.82) is 5.26 Å². The maximum absolute atomic E-state index is 12.9. The summed E-state index contributed by atoms with van der Waals surface area (Å²) in [4.78, 5) is 28.2. The Bertz CT molecular complexity index is 1460. The number of non-ortho nitro benzene ring substituents is 1. The van der Waals surface area contributed by atoms with Crippen LogP contribution in [0.1, 0.15) is 18.1 Å². The number of nitriles is 1. The third kappa shape index (κ3) is 5.59. The van der Waals surface area contributed by atoms with Gasteiger partial charge >= 0.3 is 0 Å². The van der Waals surface area contributed by atoms with E-state index in [1.54, 1.807) is 13.0 Å². The fourth-order valence-corrected chi connectivity index (χ4v) is 4.52. The topological polar surface area (TPSA) is 109 Å². The first-order chi connectivity index (χ1) is 17.4. The number of aromatic nitrogens is 1. The molecule has 36 heavy (non-hydrogen) atoms. The SMILES string of the molecule is Cc1ccc(-c2cc(-c3ccccc3)nc(SC(C)C(=O)Nc3cccc([N+](=O)[O-])c3)c2C#N)cc1. The van der Waals surface area contributed by atoms with Crippen molar-refractivity contribution in [3.05, 3.63) is 106 Å². The molecular formula is C28H22N4O3S. The van der Waals surface area contributed by atoms with E-state index in [2.05, 4.69) is 11.4 Å². The molecule has 1 amide bonds. The fourth-order valence-electron chi connectivity index (χ4n) is 3.59. The molecule has 7 nitrogen and oxygen atoms in total. The smallest absolute Gasteiger partial charge is 0.271 e. The summed E-state index contributed by atoms with van der Waals surface area (Å²) in [6.45, 7) is 3.71. The Morgan fingerprint density at radius 1 is 1.03 bits per heavy atom. The average Bonchev–Trinajstić information content (AvgIpc) is 2.89. The minimum Gasteiger partial charge on any atom is -0.325 e. The van der Waals surface area contributed by atoms with Crippen molar-refractivity contribution in [2.75, 3.05) is 5.32 Å². The number of hydrogen-bond donors (Lipinski definition) is 1. The second kappa shape index (κ2) is 10.8. The second-order valence-electron chi connectivity index (χ2n) is 8.14. The number of pyridine rings is 1. The summed E-state index contributed by atoms with van der Waals surface area (Å²) in [6.07, 6.45) is 0. The first-order valence-electron chi connectivity index (χ1n) is 11.2. The fraction of sp³-hybridized carbons (Fsp3) is 0.107. The Hall–Kier alpha value is -4.48. The second-order valence-corrected chi connectivity index (χ2v) is 9.47. The number of nitrogens with zero attached hydrogens (tertiary/aromatic N) is 3. The largest absolute Gasteiger partial charge is 0.325 e. The van der Waals surface area contributed by atoms with Crippen molar-refractivity contribution < 1.29 is 9.72 Å². The number of nitro benzene ring substituents is 1. The highest BCUT2D eigenvalue weighted by Gasteiger charge is 2.22. The van der Waals surface area contributed by atoms with Crippen LogP contribution in [0.15, 0.2) is 90.0 Å². The van der Waals surface area contributed by atoms with Crippen LogP contribution >= 0.6 is 11.8 Å². The molecule has 0 saturated carbocycles. The summed E-state index contributed by atoms with van der Waals surface area (Å²) in [6, 6.07) is 27.5. The van der Waals surface area contributed by atoms with E-state index in [4.69, 9.17) is 4.98 Å². The van der Waals surface area contributed by atoms with Gasteiger partial charge in [-0.2, -0.15) is 5.26 Å². The van der Waals surface area contributed by atoms with Crippen molar-refractivity contribution in [3.8, 4) is 28.5 Å². The number of hydrogen-bond acceptors (Lipinski definition) is 6. The van der Waals surface area contributed by atoms with Crippen LogP contribution in [-0.2, 0) is 4.79 Å². The highest BCUT2D eigenvalue weighted by molar-refractivity contribution is 8.00. The number of carbonyl (C=O) groups excluding carboxylic acids is 1. The number of aryl methyl sites for hydroxylation is 1. The number of benzene rings is 3. The molecule has 1 atom stereocenters. The standard InChI is InChI=1S/C28H22N4O3S/c1-18-11-13-20(14-12-18)24-16-26(21-7-4-3-5-8-21)31-28(25(24)17-29)36-19(2)27(33)30-22-9-6-10-23(15-22)32(34)35/h3-16,19H,1-2H3,(H,30,33). The quantitative estimate of drug-likeness (QED) is 0.176. The van der Waals surface area contributed by atoms with Gasteiger partial charge in [0.15, 0.2) is 0 Å². The van der Waals surface area contributed by atoms with Gasteiger partial charge in [-0.3, -0.25) is 14.9 Å². The number of anilines is 1. The number of nitro groups is 1. The molecule has 1 unspecified atom stereocenters. The third-order valence-electron chi connectivity index (χ3n) is 5.51. The zero-order chi connectivity index (χ0) is 25.7. The van der Waals surface area contributed by atoms with Gasteiger partial charge in [0.2, 0.25) is 5.91 Å². The van der Waals surface area contributed by atoms with Crippen LogP contribution in [0.3, 0.4) is 0 Å². The molecule has 1 N–H and O–H groups in total. The van der Waals surface area contributed by atoms with E-state index in [0.29, 0.717) is 22.0 Å². The number of rotatable bonds is 7. The van der Waals surface area contributed by atoms with Gasteiger partial charge in [0.1, 0.15) is 11.1 Å². The molecule has 0 fully saturated rings. The Morgan fingerprint density at radius 2 is 1.75 bits per heavy atom. The summed E-state index contributed by atoms with van der Waals surface area (Å²) in [5, 5.41) is 23.7. The minimum absolute atomic E-state index is 0.111. The molecule has 1 aromatic heterocycles. The maximum Gasteiger partial charge on any atom is 0.271 e. The Labute approximate surface area is 213 Å². The van der Waals surface area contributed by atoms with Crippen molar-refractivity contribution in [2.45, 2.75) is 24.1 Å². The van der Waals surface area contributed by atoms with Crippen LogP contribution < -0.4 is 5.32 Å². The van der Waals surface area contributed by atoms with Gasteiger partial charge < -0.3 is 5.32 Å². The van der Waals surface area contributed by atoms with Crippen LogP contribution in [-0.4, -0.2) is 21.1 Å². The Morgan fingerprint density at radius 3 is 2.42 bits per heavy atom. The maximum atomic E-state index is 12.9. The highest BCUT2D eigenvalue weighted by Crippen LogP contribution is 2.36. The summed E-state index contributed by atoms with van der Waals surface area (Å²) in [7, 11) is 0. The monoisotopic (exact) mass is 494 g/mol. The van der Waals surface area contributed by atoms with Crippen LogP contribution in [0.2, 0.25) is 0 Å². The van der Waals surface area contributed by atoms with Crippen LogP contribution in [0.25, 0.3) is 22.4 Å². The number of nitrogens with one attached hydrogen (secondary N) is 1. The average molecular weight is 495 g/mol. The van der Waals surface area contributed by atoms with Crippen molar-refractivity contribution >= 4 is 29.0 Å². The molecule has 0 bridgehead atoms. The van der Waals surface area contributed by atoms with E-state index in [0.717, 1.165) is 22.3 Å². The number of carbonyl (C=O) groups is 1. The first kappa shape index (κ1) is 24.6. The minimum atomic E-state index is -0.624. The van der Waals surface area contributed by atoms with Crippen molar-refractivity contribution in [3.63, 3.8) is 0 Å². The Balaban J connectivity index is 1.70. The predicted octanol–water partition coefficient (Wildman–Crippen LogP) is 6.62. The molecule has 3 aromatic carbocycles. The molecule has 4 rings (SSSR count). The number of thioether (sulfide) groups is 1. The normalized spacial score (nSPS) is 11.4. The molecule has 8 heteroatoms. The van der Waals surface area contributed by atoms with Crippen molar-refractivity contribution in [2.24, 2.45) is 0 Å². The van der Waals surface area contributed by atoms with E-state index in [1.165, 1.54) is 30.0 Å². The lowest BCUT2D eigenvalue weighted by Gasteiger charge is -2.16. The molecule has 0 aliphatic heterocycles. The van der Waals surface area contributed by atoms with Crippen LogP contribution in [0.4, 0.5) is 11.4 Å². The van der Waals surface area contributed by atoms with Gasteiger partial charge in [-0.05, 0) is 31.5 Å². The molecular weight excluding hydrogens is 472 g/mol. The van der Waals surface area contributed by atoms with E-state index in [9.17, 15) is 20.2 Å². The van der Waals surface area contributed by atoms with Gasteiger partial charge in [0.25, 0.3) is 5.69 Å². The first-order valence-corrected chi connectivity index (χ1v) is 12.0. The predicted molar refractivity (Wildman–Crippen MR) is 142 cm³/mol. The van der Waals surface area contributed by atoms with Gasteiger partial charge in [0, 0.05) is 28.9 Å². The lowest BCUT2D eigenvalue weighted by molar-refractivity contribution is -0.384. The highest BCUT2D eigenvalue weighted by atomic mass is 32.2. The van der Waals surface area contributed by atoms with Gasteiger partial charge in [-0.25, -0.2) is 4.98 Å². The zero-order valence-electron chi connectivity index (χ0n) is 19.6. The zero-order valence-corrected chi connectivity index (χ0v) is 20.5. The summed E-state index contributed by atoms with van der Waals surface area (Å²) in [5.74, 6) is -0.354. The molecule has 1 heterocycles. The van der Waals surface area contributed by atoms with Gasteiger partial charge in [-0.1, -0.05) is 78.0 Å². The van der Waals surface area contributed by atoms with E-state index in [-0.39, 0.29) is 11.6 Å². The number of amides is 1. The summed E-state index contributed by atoms with van der Waals surface area (Å²) in [5.41, 5.74) is 4.92. The molecule has 0 aliphatic rings. The summed E-state index contributed by atoms with van der Waals surface area (Å²) < 4.78 is 0. The summed E-state index contributed by atoms with van der Waals surface area (Å²) >= 11 is 1.17. The van der Waals surface area contributed by atoms with Gasteiger partial charge in [-0.15, -0.1) is 0 Å². The van der Waals surface area contributed by atoms with Crippen molar-refractivity contribution in [1.82, 2.24) is 4.98 Å².